The van der Waals surface area contributed by atoms with Crippen molar-refractivity contribution in [3.05, 3.63) is 18.3 Å². The molecular weight excluding hydrogens is 302 g/mol. The van der Waals surface area contributed by atoms with Gasteiger partial charge in [0.25, 0.3) is 0 Å². The number of hydrogen-bond donors (Lipinski definition) is 2. The summed E-state index contributed by atoms with van der Waals surface area (Å²) in [7, 11) is 0. The highest BCUT2D eigenvalue weighted by atomic mass is 16.1. The van der Waals surface area contributed by atoms with Gasteiger partial charge in [-0.1, -0.05) is 6.92 Å². The molecule has 1 amide bonds. The van der Waals surface area contributed by atoms with Crippen LogP contribution in [0.3, 0.4) is 0 Å². The standard InChI is InChI=1S/C18H29N5O/c1-14(15-5-2-8-19-12-15)11-18(24)20-13-16-6-4-10-23(16)17-7-3-9-21-22-17/h3,7,9,14-16,19H,2,4-6,8,10-13H2,1H3,(H,20,24). The van der Waals surface area contributed by atoms with Crippen LogP contribution in [-0.2, 0) is 4.79 Å². The quantitative estimate of drug-likeness (QED) is 0.828. The lowest BCUT2D eigenvalue weighted by molar-refractivity contribution is -0.122. The highest BCUT2D eigenvalue weighted by molar-refractivity contribution is 5.76. The first-order chi connectivity index (χ1) is 11.7. The van der Waals surface area contributed by atoms with Crippen LogP contribution in [0.25, 0.3) is 0 Å². The molecule has 0 saturated carbocycles. The largest absolute Gasteiger partial charge is 0.354 e. The molecule has 0 radical (unpaired) electrons. The number of piperidine rings is 1. The van der Waals surface area contributed by atoms with Gasteiger partial charge in [0, 0.05) is 31.7 Å². The molecule has 132 valence electrons. The Kier molecular flexibility index (Phi) is 6.01. The molecule has 2 aliphatic rings. The molecular formula is C18H29N5O. The average molecular weight is 331 g/mol. The van der Waals surface area contributed by atoms with Gasteiger partial charge < -0.3 is 15.5 Å². The molecule has 6 heteroatoms. The number of amides is 1. The molecule has 0 aromatic carbocycles. The third kappa shape index (κ3) is 4.44. The molecule has 2 saturated heterocycles. The SMILES string of the molecule is CC(CC(=O)NCC1CCCN1c1cccnn1)C1CCCNC1. The van der Waals surface area contributed by atoms with Crippen LogP contribution in [-0.4, -0.2) is 48.3 Å². The van der Waals surface area contributed by atoms with E-state index in [-0.39, 0.29) is 5.91 Å². The predicted octanol–water partition coefficient (Wildman–Crippen LogP) is 1.59. The van der Waals surface area contributed by atoms with E-state index in [4.69, 9.17) is 0 Å². The topological polar surface area (TPSA) is 70.2 Å². The van der Waals surface area contributed by atoms with Gasteiger partial charge in [-0.3, -0.25) is 4.79 Å². The third-order valence-corrected chi connectivity index (χ3v) is 5.41. The Balaban J connectivity index is 1.45. The van der Waals surface area contributed by atoms with Crippen molar-refractivity contribution in [2.75, 3.05) is 31.1 Å². The number of hydrogen-bond acceptors (Lipinski definition) is 5. The molecule has 1 aromatic heterocycles. The van der Waals surface area contributed by atoms with Gasteiger partial charge in [0.15, 0.2) is 5.82 Å². The van der Waals surface area contributed by atoms with Crippen molar-refractivity contribution in [2.45, 2.75) is 45.1 Å². The molecule has 2 fully saturated rings. The van der Waals surface area contributed by atoms with Gasteiger partial charge in [-0.2, -0.15) is 5.10 Å². The van der Waals surface area contributed by atoms with Crippen LogP contribution in [0.2, 0.25) is 0 Å². The van der Waals surface area contributed by atoms with Crippen LogP contribution in [0.1, 0.15) is 39.0 Å². The van der Waals surface area contributed by atoms with Gasteiger partial charge in [-0.05, 0) is 62.7 Å². The summed E-state index contributed by atoms with van der Waals surface area (Å²) in [6.07, 6.45) is 7.03. The van der Waals surface area contributed by atoms with Crippen molar-refractivity contribution in [1.29, 1.82) is 0 Å². The third-order valence-electron chi connectivity index (χ3n) is 5.41. The molecule has 3 atom stereocenters. The monoisotopic (exact) mass is 331 g/mol. The van der Waals surface area contributed by atoms with E-state index in [0.29, 0.717) is 30.8 Å². The zero-order valence-electron chi connectivity index (χ0n) is 14.6. The molecule has 2 aliphatic heterocycles. The summed E-state index contributed by atoms with van der Waals surface area (Å²) >= 11 is 0. The first-order valence-corrected chi connectivity index (χ1v) is 9.26. The summed E-state index contributed by atoms with van der Waals surface area (Å²) < 4.78 is 0. The summed E-state index contributed by atoms with van der Waals surface area (Å²) in [5, 5.41) is 14.8. The van der Waals surface area contributed by atoms with E-state index in [0.717, 1.165) is 38.3 Å². The lowest BCUT2D eigenvalue weighted by Crippen LogP contribution is -2.41. The minimum absolute atomic E-state index is 0.180. The number of anilines is 1. The molecule has 0 aliphatic carbocycles. The van der Waals surface area contributed by atoms with E-state index in [1.165, 1.54) is 12.8 Å². The van der Waals surface area contributed by atoms with Crippen molar-refractivity contribution >= 4 is 11.7 Å². The van der Waals surface area contributed by atoms with E-state index in [1.54, 1.807) is 6.20 Å². The minimum Gasteiger partial charge on any atom is -0.354 e. The van der Waals surface area contributed by atoms with E-state index in [2.05, 4.69) is 32.7 Å². The molecule has 3 heterocycles. The second-order valence-electron chi connectivity index (χ2n) is 7.16. The number of rotatable bonds is 6. The van der Waals surface area contributed by atoms with Crippen LogP contribution < -0.4 is 15.5 Å². The number of carbonyl (C=O) groups is 1. The van der Waals surface area contributed by atoms with Gasteiger partial charge in [0.2, 0.25) is 5.91 Å². The normalized spacial score (nSPS) is 25.5. The summed E-state index contributed by atoms with van der Waals surface area (Å²) in [5.74, 6) is 2.17. The number of nitrogens with zero attached hydrogens (tertiary/aromatic N) is 3. The highest BCUT2D eigenvalue weighted by Crippen LogP contribution is 2.24. The van der Waals surface area contributed by atoms with Crippen LogP contribution in [0.4, 0.5) is 5.82 Å². The molecule has 6 nitrogen and oxygen atoms in total. The Morgan fingerprint density at radius 1 is 1.46 bits per heavy atom. The van der Waals surface area contributed by atoms with Crippen molar-refractivity contribution in [3.8, 4) is 0 Å². The average Bonchev–Trinajstić information content (AvgIpc) is 3.10. The van der Waals surface area contributed by atoms with Crippen molar-refractivity contribution < 1.29 is 4.79 Å². The summed E-state index contributed by atoms with van der Waals surface area (Å²) in [4.78, 5) is 14.6. The first kappa shape index (κ1) is 17.1. The van der Waals surface area contributed by atoms with Gasteiger partial charge in [-0.15, -0.1) is 5.10 Å². The number of nitrogens with one attached hydrogen (secondary N) is 2. The maximum atomic E-state index is 12.3. The smallest absolute Gasteiger partial charge is 0.220 e. The molecule has 2 N–H and O–H groups in total. The first-order valence-electron chi connectivity index (χ1n) is 9.26. The molecule has 0 spiro atoms. The Hall–Kier alpha value is -1.69. The fourth-order valence-corrected chi connectivity index (χ4v) is 3.92. The van der Waals surface area contributed by atoms with Crippen molar-refractivity contribution in [3.63, 3.8) is 0 Å². The predicted molar refractivity (Wildman–Crippen MR) is 94.8 cm³/mol. The maximum Gasteiger partial charge on any atom is 0.220 e. The molecule has 0 bridgehead atoms. The van der Waals surface area contributed by atoms with Crippen molar-refractivity contribution in [2.24, 2.45) is 11.8 Å². The Labute approximate surface area is 144 Å². The summed E-state index contributed by atoms with van der Waals surface area (Å²) in [5.41, 5.74) is 0. The fourth-order valence-electron chi connectivity index (χ4n) is 3.92. The van der Waals surface area contributed by atoms with E-state index in [1.807, 2.05) is 12.1 Å². The Morgan fingerprint density at radius 2 is 2.38 bits per heavy atom. The number of aromatic nitrogens is 2. The summed E-state index contributed by atoms with van der Waals surface area (Å²) in [6.45, 7) is 6.07. The van der Waals surface area contributed by atoms with E-state index < -0.39 is 0 Å². The van der Waals surface area contributed by atoms with Crippen molar-refractivity contribution in [1.82, 2.24) is 20.8 Å². The fraction of sp³-hybridized carbons (Fsp3) is 0.722. The van der Waals surface area contributed by atoms with Crippen LogP contribution in [0, 0.1) is 11.8 Å². The van der Waals surface area contributed by atoms with Crippen LogP contribution in [0.15, 0.2) is 18.3 Å². The van der Waals surface area contributed by atoms with Gasteiger partial charge in [0.1, 0.15) is 0 Å². The molecule has 3 rings (SSSR count). The zero-order chi connectivity index (χ0) is 16.8. The lowest BCUT2D eigenvalue weighted by Gasteiger charge is -2.28. The van der Waals surface area contributed by atoms with Gasteiger partial charge in [-0.25, -0.2) is 0 Å². The van der Waals surface area contributed by atoms with Gasteiger partial charge in [0.05, 0.1) is 0 Å². The number of carbonyl (C=O) groups excluding carboxylic acids is 1. The highest BCUT2D eigenvalue weighted by Gasteiger charge is 2.27. The molecule has 1 aromatic rings. The maximum absolute atomic E-state index is 12.3. The van der Waals surface area contributed by atoms with E-state index >= 15 is 0 Å². The second kappa shape index (κ2) is 8.42. The van der Waals surface area contributed by atoms with E-state index in [9.17, 15) is 4.79 Å². The lowest BCUT2D eigenvalue weighted by atomic mass is 9.85. The van der Waals surface area contributed by atoms with Crippen LogP contribution in [0.5, 0.6) is 0 Å². The zero-order valence-corrected chi connectivity index (χ0v) is 14.6. The molecule has 3 unspecified atom stereocenters. The van der Waals surface area contributed by atoms with Crippen LogP contribution >= 0.6 is 0 Å². The second-order valence-corrected chi connectivity index (χ2v) is 7.16. The molecule has 24 heavy (non-hydrogen) atoms. The minimum atomic E-state index is 0.180. The Morgan fingerprint density at radius 3 is 3.12 bits per heavy atom. The summed E-state index contributed by atoms with van der Waals surface area (Å²) in [6, 6.07) is 4.24. The van der Waals surface area contributed by atoms with Gasteiger partial charge >= 0.3 is 0 Å². The Bertz CT molecular complexity index is 517.